The van der Waals surface area contributed by atoms with E-state index in [4.69, 9.17) is 4.74 Å². The summed E-state index contributed by atoms with van der Waals surface area (Å²) in [6.45, 7) is 7.36. The maximum Gasteiger partial charge on any atom is 0.416 e. The standard InChI is InChI=1S/C25H27F3N4O3/c1-16-15-19(17-8-10-18(11-9-17)25(26,27)28)30-20(29-16)7-6-12-24(13-14-32(5)21(24)33)31-22(34)35-23(2,3)4/h8-11,15H,12-14H2,1-5H3,(H,31,34)/t24-/m1/s1. The van der Waals surface area contributed by atoms with Gasteiger partial charge in [0.05, 0.1) is 11.3 Å². The van der Waals surface area contributed by atoms with E-state index in [9.17, 15) is 22.8 Å². The van der Waals surface area contributed by atoms with Crippen LogP contribution in [0, 0.1) is 18.8 Å². The molecule has 2 aromatic rings. The van der Waals surface area contributed by atoms with Crippen LogP contribution in [-0.2, 0) is 15.7 Å². The number of likely N-dealkylation sites (tertiary alicyclic amines) is 1. The largest absolute Gasteiger partial charge is 0.444 e. The maximum atomic E-state index is 12.9. The number of amides is 2. The first-order valence-corrected chi connectivity index (χ1v) is 11.0. The van der Waals surface area contributed by atoms with Crippen LogP contribution in [-0.4, -0.2) is 51.6 Å². The molecule has 186 valence electrons. The summed E-state index contributed by atoms with van der Waals surface area (Å²) >= 11 is 0. The number of hydrogen-bond acceptors (Lipinski definition) is 5. The minimum absolute atomic E-state index is 0.0162. The van der Waals surface area contributed by atoms with Crippen LogP contribution in [0.2, 0.25) is 0 Å². The number of likely N-dealkylation sites (N-methyl/N-ethyl adjacent to an activating group) is 1. The Kier molecular flexibility index (Phi) is 7.11. The molecule has 10 heteroatoms. The normalized spacial score (nSPS) is 18.2. The summed E-state index contributed by atoms with van der Waals surface area (Å²) in [5.41, 5.74) is -1.21. The molecule has 35 heavy (non-hydrogen) atoms. The van der Waals surface area contributed by atoms with E-state index in [0.29, 0.717) is 29.9 Å². The minimum Gasteiger partial charge on any atom is -0.444 e. The van der Waals surface area contributed by atoms with Crippen LogP contribution < -0.4 is 5.32 Å². The van der Waals surface area contributed by atoms with E-state index in [1.165, 1.54) is 17.0 Å². The molecule has 1 aromatic heterocycles. The van der Waals surface area contributed by atoms with Crippen molar-refractivity contribution in [1.29, 1.82) is 0 Å². The first-order valence-electron chi connectivity index (χ1n) is 11.0. The third-order valence-corrected chi connectivity index (χ3v) is 5.32. The summed E-state index contributed by atoms with van der Waals surface area (Å²) in [6, 6.07) is 6.32. The first kappa shape index (κ1) is 26.0. The highest BCUT2D eigenvalue weighted by Gasteiger charge is 2.46. The number of carbonyl (C=O) groups is 2. The van der Waals surface area contributed by atoms with Gasteiger partial charge >= 0.3 is 12.3 Å². The van der Waals surface area contributed by atoms with Gasteiger partial charge in [0.1, 0.15) is 11.1 Å². The highest BCUT2D eigenvalue weighted by molar-refractivity contribution is 5.92. The van der Waals surface area contributed by atoms with Gasteiger partial charge < -0.3 is 15.0 Å². The van der Waals surface area contributed by atoms with Crippen LogP contribution in [0.15, 0.2) is 30.3 Å². The van der Waals surface area contributed by atoms with Crippen molar-refractivity contribution in [2.24, 2.45) is 0 Å². The van der Waals surface area contributed by atoms with Crippen molar-refractivity contribution < 1.29 is 27.5 Å². The molecule has 1 aromatic carbocycles. The number of alkyl carbamates (subject to hydrolysis) is 1. The van der Waals surface area contributed by atoms with Gasteiger partial charge in [-0.25, -0.2) is 14.8 Å². The van der Waals surface area contributed by atoms with Crippen LogP contribution in [0.3, 0.4) is 0 Å². The van der Waals surface area contributed by atoms with Crippen LogP contribution in [0.4, 0.5) is 18.0 Å². The van der Waals surface area contributed by atoms with Crippen molar-refractivity contribution in [1.82, 2.24) is 20.2 Å². The van der Waals surface area contributed by atoms with Crippen molar-refractivity contribution in [2.45, 2.75) is 57.9 Å². The molecule has 7 nitrogen and oxygen atoms in total. The molecule has 2 heterocycles. The van der Waals surface area contributed by atoms with Crippen LogP contribution in [0.5, 0.6) is 0 Å². The van der Waals surface area contributed by atoms with Gasteiger partial charge in [-0.05, 0) is 58.2 Å². The fourth-order valence-electron chi connectivity index (χ4n) is 3.63. The SMILES string of the molecule is Cc1cc(-c2ccc(C(F)(F)F)cc2)nc(C#CC[C@@]2(NC(=O)OC(C)(C)C)CCN(C)C2=O)n1. The van der Waals surface area contributed by atoms with Crippen molar-refractivity contribution >= 4 is 12.0 Å². The van der Waals surface area contributed by atoms with E-state index in [2.05, 4.69) is 27.1 Å². The molecule has 0 aliphatic carbocycles. The Morgan fingerprint density at radius 3 is 2.40 bits per heavy atom. The van der Waals surface area contributed by atoms with Gasteiger partial charge in [0.2, 0.25) is 11.7 Å². The average molecular weight is 489 g/mol. The Balaban J connectivity index is 1.84. The van der Waals surface area contributed by atoms with Crippen molar-refractivity contribution in [3.8, 4) is 23.1 Å². The molecule has 0 unspecified atom stereocenters. The smallest absolute Gasteiger partial charge is 0.416 e. The van der Waals surface area contributed by atoms with E-state index in [1.807, 2.05) is 0 Å². The number of aromatic nitrogens is 2. The van der Waals surface area contributed by atoms with Crippen molar-refractivity contribution in [3.63, 3.8) is 0 Å². The zero-order valence-electron chi connectivity index (χ0n) is 20.2. The second-order valence-electron chi connectivity index (χ2n) is 9.46. The minimum atomic E-state index is -4.42. The average Bonchev–Trinajstić information content (AvgIpc) is 3.00. The number of nitrogens with one attached hydrogen (secondary N) is 1. The van der Waals surface area contributed by atoms with Gasteiger partial charge in [-0.3, -0.25) is 4.79 Å². The monoisotopic (exact) mass is 488 g/mol. The summed E-state index contributed by atoms with van der Waals surface area (Å²) in [5, 5.41) is 2.69. The molecule has 3 rings (SSSR count). The number of aryl methyl sites for hydroxylation is 1. The van der Waals surface area contributed by atoms with E-state index >= 15 is 0 Å². The number of ether oxygens (including phenoxy) is 1. The predicted molar refractivity (Wildman–Crippen MR) is 123 cm³/mol. The summed E-state index contributed by atoms with van der Waals surface area (Å²) in [4.78, 5) is 35.4. The molecule has 1 aliphatic heterocycles. The van der Waals surface area contributed by atoms with Crippen molar-refractivity contribution in [3.05, 3.63) is 47.4 Å². The lowest BCUT2D eigenvalue weighted by Gasteiger charge is -2.28. The van der Waals surface area contributed by atoms with Crippen LogP contribution >= 0.6 is 0 Å². The van der Waals surface area contributed by atoms with E-state index in [1.54, 1.807) is 40.8 Å². The lowest BCUT2D eigenvalue weighted by molar-refractivity contribution is -0.137. The predicted octanol–water partition coefficient (Wildman–Crippen LogP) is 4.34. The Bertz CT molecular complexity index is 1180. The second-order valence-corrected chi connectivity index (χ2v) is 9.46. The molecule has 2 amide bonds. The molecular weight excluding hydrogens is 461 g/mol. The summed E-state index contributed by atoms with van der Waals surface area (Å²) in [7, 11) is 1.65. The second kappa shape index (κ2) is 9.56. The summed E-state index contributed by atoms with van der Waals surface area (Å²) < 4.78 is 43.9. The molecule has 1 aliphatic rings. The van der Waals surface area contributed by atoms with E-state index in [-0.39, 0.29) is 18.2 Å². The van der Waals surface area contributed by atoms with Crippen LogP contribution in [0.1, 0.15) is 50.7 Å². The fraction of sp³-hybridized carbons (Fsp3) is 0.440. The molecule has 0 bridgehead atoms. The number of rotatable bonds is 3. The molecule has 1 fully saturated rings. The Morgan fingerprint density at radius 2 is 1.86 bits per heavy atom. The maximum absolute atomic E-state index is 12.9. The number of nitrogens with zero attached hydrogens (tertiary/aromatic N) is 3. The highest BCUT2D eigenvalue weighted by Crippen LogP contribution is 2.31. The number of halogens is 3. The number of benzene rings is 1. The number of hydrogen-bond donors (Lipinski definition) is 1. The fourth-order valence-corrected chi connectivity index (χ4v) is 3.63. The van der Waals surface area contributed by atoms with Crippen molar-refractivity contribution in [2.75, 3.05) is 13.6 Å². The molecule has 0 spiro atoms. The lowest BCUT2D eigenvalue weighted by Crippen LogP contribution is -2.54. The molecule has 1 atom stereocenters. The lowest BCUT2D eigenvalue weighted by atomic mass is 9.93. The van der Waals surface area contributed by atoms with E-state index < -0.39 is 29.0 Å². The molecule has 1 N–H and O–H groups in total. The molecule has 0 radical (unpaired) electrons. The van der Waals surface area contributed by atoms with Gasteiger partial charge in [0.25, 0.3) is 0 Å². The Morgan fingerprint density at radius 1 is 1.20 bits per heavy atom. The summed E-state index contributed by atoms with van der Waals surface area (Å²) in [6.07, 6.45) is -4.75. The molecule has 1 saturated heterocycles. The zero-order chi connectivity index (χ0) is 26.0. The molecule has 0 saturated carbocycles. The Labute approximate surface area is 202 Å². The van der Waals surface area contributed by atoms with Gasteiger partial charge in [-0.2, -0.15) is 13.2 Å². The third-order valence-electron chi connectivity index (χ3n) is 5.32. The first-order chi connectivity index (χ1) is 16.2. The molecular formula is C25H27F3N4O3. The highest BCUT2D eigenvalue weighted by atomic mass is 19.4. The number of carbonyl (C=O) groups excluding carboxylic acids is 2. The quantitative estimate of drug-likeness (QED) is 0.650. The third kappa shape index (κ3) is 6.50. The van der Waals surface area contributed by atoms with Crippen LogP contribution in [0.25, 0.3) is 11.3 Å². The van der Waals surface area contributed by atoms with E-state index in [0.717, 1.165) is 12.1 Å². The van der Waals surface area contributed by atoms with Gasteiger partial charge in [0, 0.05) is 31.3 Å². The summed E-state index contributed by atoms with van der Waals surface area (Å²) in [5.74, 6) is 5.61. The Hall–Kier alpha value is -3.61. The van der Waals surface area contributed by atoms with Gasteiger partial charge in [0.15, 0.2) is 0 Å². The van der Waals surface area contributed by atoms with Gasteiger partial charge in [-0.15, -0.1) is 0 Å². The number of alkyl halides is 3. The topological polar surface area (TPSA) is 84.4 Å². The zero-order valence-corrected chi connectivity index (χ0v) is 20.2. The van der Waals surface area contributed by atoms with Gasteiger partial charge in [-0.1, -0.05) is 18.1 Å².